The maximum atomic E-state index is 12.4. The smallest absolute Gasteiger partial charge is 0.343 e. The fourth-order valence-electron chi connectivity index (χ4n) is 2.38. The van der Waals surface area contributed by atoms with Crippen molar-refractivity contribution in [2.45, 2.75) is 0 Å². The molecule has 0 atom stereocenters. The van der Waals surface area contributed by atoms with Crippen molar-refractivity contribution >= 4 is 17.4 Å². The highest BCUT2D eigenvalue weighted by atomic mass is 16.6. The van der Waals surface area contributed by atoms with Crippen LogP contribution in [0.2, 0.25) is 0 Å². The van der Waals surface area contributed by atoms with Crippen LogP contribution in [0.5, 0.6) is 5.75 Å². The Morgan fingerprint density at radius 2 is 1.35 bits per heavy atom. The van der Waals surface area contributed by atoms with Crippen LogP contribution < -0.4 is 4.74 Å². The third-order valence-electron chi connectivity index (χ3n) is 3.67. The zero-order valence-electron chi connectivity index (χ0n) is 13.5. The Morgan fingerprint density at radius 1 is 0.769 bits per heavy atom. The van der Waals surface area contributed by atoms with E-state index in [2.05, 4.69) is 0 Å². The number of ketones is 1. The zero-order valence-corrected chi connectivity index (χ0v) is 13.5. The van der Waals surface area contributed by atoms with Gasteiger partial charge in [-0.1, -0.05) is 48.5 Å². The number of benzene rings is 3. The second-order valence-electron chi connectivity index (χ2n) is 5.39. The number of ether oxygens (including phenoxy) is 1. The third-order valence-corrected chi connectivity index (χ3v) is 3.67. The van der Waals surface area contributed by atoms with Gasteiger partial charge in [-0.2, -0.15) is 0 Å². The number of nitrogens with zero attached hydrogens (tertiary/aromatic N) is 1. The average Bonchev–Trinajstić information content (AvgIpc) is 2.69. The molecule has 0 N–H and O–H groups in total. The van der Waals surface area contributed by atoms with E-state index >= 15 is 0 Å². The van der Waals surface area contributed by atoms with E-state index in [1.54, 1.807) is 60.7 Å². The molecule has 26 heavy (non-hydrogen) atoms. The van der Waals surface area contributed by atoms with Gasteiger partial charge in [-0.05, 0) is 24.3 Å². The summed E-state index contributed by atoms with van der Waals surface area (Å²) in [6, 6.07) is 20.3. The lowest BCUT2D eigenvalue weighted by Gasteiger charge is -2.07. The predicted octanol–water partition coefficient (Wildman–Crippen LogP) is 4.05. The average molecular weight is 347 g/mol. The van der Waals surface area contributed by atoms with E-state index < -0.39 is 16.6 Å². The van der Waals surface area contributed by atoms with Crippen molar-refractivity contribution in [3.05, 3.63) is 106 Å². The molecule has 0 unspecified atom stereocenters. The SMILES string of the molecule is O=C(Oc1ccc(C(=O)c2ccccc2)cc1[N+](=O)[O-])c1ccccc1. The molecule has 0 fully saturated rings. The largest absolute Gasteiger partial charge is 0.416 e. The van der Waals surface area contributed by atoms with E-state index in [9.17, 15) is 19.7 Å². The molecule has 128 valence electrons. The van der Waals surface area contributed by atoms with Crippen LogP contribution >= 0.6 is 0 Å². The Morgan fingerprint density at radius 3 is 1.92 bits per heavy atom. The summed E-state index contributed by atoms with van der Waals surface area (Å²) >= 11 is 0. The molecule has 0 saturated heterocycles. The van der Waals surface area contributed by atoms with Crippen LogP contribution in [-0.4, -0.2) is 16.7 Å². The molecule has 0 saturated carbocycles. The van der Waals surface area contributed by atoms with Crippen LogP contribution in [0.25, 0.3) is 0 Å². The first-order chi connectivity index (χ1) is 12.6. The molecule has 0 heterocycles. The van der Waals surface area contributed by atoms with E-state index in [0.29, 0.717) is 5.56 Å². The minimum absolute atomic E-state index is 0.141. The van der Waals surface area contributed by atoms with E-state index in [4.69, 9.17) is 4.74 Å². The highest BCUT2D eigenvalue weighted by Crippen LogP contribution is 2.29. The summed E-state index contributed by atoms with van der Waals surface area (Å²) < 4.78 is 5.14. The maximum Gasteiger partial charge on any atom is 0.343 e. The Hall–Kier alpha value is -3.80. The lowest BCUT2D eigenvalue weighted by Crippen LogP contribution is -2.10. The van der Waals surface area contributed by atoms with E-state index in [-0.39, 0.29) is 22.7 Å². The Kier molecular flexibility index (Phi) is 4.85. The Balaban J connectivity index is 1.91. The molecule has 3 rings (SSSR count). The first-order valence-electron chi connectivity index (χ1n) is 7.71. The number of nitro groups is 1. The monoisotopic (exact) mass is 347 g/mol. The minimum atomic E-state index is -0.712. The molecule has 0 aliphatic carbocycles. The molecular formula is C20H13NO5. The molecule has 0 amide bonds. The van der Waals surface area contributed by atoms with Crippen LogP contribution in [-0.2, 0) is 0 Å². The molecule has 0 aliphatic rings. The van der Waals surface area contributed by atoms with Gasteiger partial charge in [0.15, 0.2) is 5.78 Å². The lowest BCUT2D eigenvalue weighted by atomic mass is 10.0. The van der Waals surface area contributed by atoms with Crippen LogP contribution in [0.4, 0.5) is 5.69 Å². The topological polar surface area (TPSA) is 86.5 Å². The maximum absolute atomic E-state index is 12.4. The van der Waals surface area contributed by atoms with Crippen LogP contribution in [0.1, 0.15) is 26.3 Å². The van der Waals surface area contributed by atoms with Gasteiger partial charge in [0.1, 0.15) is 0 Å². The molecule has 6 nitrogen and oxygen atoms in total. The van der Waals surface area contributed by atoms with Gasteiger partial charge in [0.25, 0.3) is 0 Å². The van der Waals surface area contributed by atoms with Gasteiger partial charge in [-0.25, -0.2) is 4.79 Å². The van der Waals surface area contributed by atoms with Crippen molar-refractivity contribution in [3.8, 4) is 5.75 Å². The van der Waals surface area contributed by atoms with Crippen LogP contribution in [0, 0.1) is 10.1 Å². The number of hydrogen-bond donors (Lipinski definition) is 0. The summed E-state index contributed by atoms with van der Waals surface area (Å²) in [5, 5.41) is 11.4. The van der Waals surface area contributed by atoms with Gasteiger partial charge in [-0.3, -0.25) is 14.9 Å². The van der Waals surface area contributed by atoms with Crippen molar-refractivity contribution in [3.63, 3.8) is 0 Å². The number of esters is 1. The van der Waals surface area contributed by atoms with Crippen molar-refractivity contribution in [2.24, 2.45) is 0 Å². The third kappa shape index (κ3) is 3.64. The van der Waals surface area contributed by atoms with Gasteiger partial charge < -0.3 is 4.74 Å². The van der Waals surface area contributed by atoms with E-state index in [1.165, 1.54) is 12.1 Å². The molecule has 0 radical (unpaired) electrons. The summed E-state index contributed by atoms with van der Waals surface area (Å²) in [5.41, 5.74) is 0.375. The summed E-state index contributed by atoms with van der Waals surface area (Å²) in [5.74, 6) is -1.28. The van der Waals surface area contributed by atoms with Gasteiger partial charge in [0, 0.05) is 17.2 Å². The van der Waals surface area contributed by atoms with Crippen molar-refractivity contribution < 1.29 is 19.2 Å². The summed E-state index contributed by atoms with van der Waals surface area (Å²) in [6.45, 7) is 0. The van der Waals surface area contributed by atoms with Gasteiger partial charge in [0.2, 0.25) is 5.75 Å². The fraction of sp³-hybridized carbons (Fsp3) is 0. The van der Waals surface area contributed by atoms with Gasteiger partial charge in [0.05, 0.1) is 10.5 Å². The summed E-state index contributed by atoms with van der Waals surface area (Å²) in [4.78, 5) is 35.2. The van der Waals surface area contributed by atoms with Crippen LogP contribution in [0.3, 0.4) is 0 Å². The Labute approximate surface area is 148 Å². The molecule has 3 aromatic carbocycles. The molecule has 3 aromatic rings. The summed E-state index contributed by atoms with van der Waals surface area (Å²) in [7, 11) is 0. The zero-order chi connectivity index (χ0) is 18.5. The van der Waals surface area contributed by atoms with Crippen molar-refractivity contribution in [2.75, 3.05) is 0 Å². The van der Waals surface area contributed by atoms with Gasteiger partial charge in [-0.15, -0.1) is 0 Å². The van der Waals surface area contributed by atoms with Crippen molar-refractivity contribution in [1.82, 2.24) is 0 Å². The number of carbonyl (C=O) groups is 2. The number of rotatable bonds is 5. The highest BCUT2D eigenvalue weighted by Gasteiger charge is 2.22. The molecular weight excluding hydrogens is 334 g/mol. The molecule has 6 heteroatoms. The minimum Gasteiger partial charge on any atom is -0.416 e. The van der Waals surface area contributed by atoms with Gasteiger partial charge >= 0.3 is 11.7 Å². The van der Waals surface area contributed by atoms with Crippen molar-refractivity contribution in [1.29, 1.82) is 0 Å². The van der Waals surface area contributed by atoms with E-state index in [1.807, 2.05) is 0 Å². The first kappa shape index (κ1) is 17.0. The number of hydrogen-bond acceptors (Lipinski definition) is 5. The molecule has 0 spiro atoms. The predicted molar refractivity (Wildman–Crippen MR) is 94.4 cm³/mol. The second kappa shape index (κ2) is 7.40. The molecule has 0 bridgehead atoms. The molecule has 0 aliphatic heterocycles. The lowest BCUT2D eigenvalue weighted by molar-refractivity contribution is -0.385. The fourth-order valence-corrected chi connectivity index (χ4v) is 2.38. The standard InChI is InChI=1S/C20H13NO5/c22-19(14-7-3-1-4-8-14)16-11-12-18(17(13-16)21(24)25)26-20(23)15-9-5-2-6-10-15/h1-13H. The number of carbonyl (C=O) groups excluding carboxylic acids is 2. The van der Waals surface area contributed by atoms with E-state index in [0.717, 1.165) is 6.07 Å². The quantitative estimate of drug-likeness (QED) is 0.228. The second-order valence-corrected chi connectivity index (χ2v) is 5.39. The normalized spacial score (nSPS) is 10.2. The first-order valence-corrected chi connectivity index (χ1v) is 7.71. The molecule has 0 aromatic heterocycles. The highest BCUT2D eigenvalue weighted by molar-refractivity contribution is 6.09. The van der Waals surface area contributed by atoms with Crippen LogP contribution in [0.15, 0.2) is 78.9 Å². The Bertz CT molecular complexity index is 968. The summed E-state index contributed by atoms with van der Waals surface area (Å²) in [6.07, 6.45) is 0. The number of nitro benzene ring substituents is 1.